The number of nitrogens with zero attached hydrogens (tertiary/aromatic N) is 3. The molecule has 4 aromatic rings. The first-order chi connectivity index (χ1) is 14.5. The molecule has 1 amide bonds. The molecule has 10 heteroatoms. The average molecular weight is 428 g/mol. The van der Waals surface area contributed by atoms with E-state index in [1.54, 1.807) is 0 Å². The van der Waals surface area contributed by atoms with E-state index in [-0.39, 0.29) is 24.5 Å². The maximum atomic E-state index is 13.7. The van der Waals surface area contributed by atoms with Crippen LogP contribution in [0.5, 0.6) is 0 Å². The van der Waals surface area contributed by atoms with E-state index in [1.807, 2.05) is 16.8 Å². The van der Waals surface area contributed by atoms with Crippen LogP contribution in [0.1, 0.15) is 5.56 Å². The topological polar surface area (TPSA) is 90.0 Å². The van der Waals surface area contributed by atoms with Gasteiger partial charge >= 0.3 is 0 Å². The molecule has 0 radical (unpaired) electrons. The highest BCUT2D eigenvalue weighted by molar-refractivity contribution is 7.08. The highest BCUT2D eigenvalue weighted by atomic mass is 32.1. The lowest BCUT2D eigenvalue weighted by Gasteiger charge is -2.09. The first kappa shape index (κ1) is 19.6. The summed E-state index contributed by atoms with van der Waals surface area (Å²) < 4.78 is 33.1. The second kappa shape index (κ2) is 8.37. The van der Waals surface area contributed by atoms with Crippen LogP contribution in [0.4, 0.5) is 8.78 Å². The van der Waals surface area contributed by atoms with Crippen LogP contribution < -0.4 is 10.9 Å². The average Bonchev–Trinajstić information content (AvgIpc) is 3.41. The number of pyridine rings is 1. The van der Waals surface area contributed by atoms with Crippen LogP contribution in [0, 0.1) is 11.6 Å². The molecule has 0 unspecified atom stereocenters. The molecule has 0 aliphatic heterocycles. The second-order valence-corrected chi connectivity index (χ2v) is 7.11. The van der Waals surface area contributed by atoms with Crippen molar-refractivity contribution in [2.75, 3.05) is 0 Å². The van der Waals surface area contributed by atoms with Gasteiger partial charge in [-0.25, -0.2) is 8.78 Å². The van der Waals surface area contributed by atoms with Crippen molar-refractivity contribution >= 4 is 17.2 Å². The van der Waals surface area contributed by atoms with Crippen molar-refractivity contribution in [3.63, 3.8) is 0 Å². The summed E-state index contributed by atoms with van der Waals surface area (Å²) >= 11 is 1.50. The predicted molar refractivity (Wildman–Crippen MR) is 106 cm³/mol. The van der Waals surface area contributed by atoms with Crippen LogP contribution in [-0.4, -0.2) is 20.6 Å². The van der Waals surface area contributed by atoms with Gasteiger partial charge in [0.25, 0.3) is 11.4 Å². The predicted octanol–water partition coefficient (Wildman–Crippen LogP) is 3.22. The van der Waals surface area contributed by atoms with Crippen molar-refractivity contribution in [2.45, 2.75) is 13.1 Å². The fourth-order valence-corrected chi connectivity index (χ4v) is 3.33. The molecule has 0 saturated carbocycles. The molecule has 0 atom stereocenters. The third-order valence-corrected chi connectivity index (χ3v) is 4.92. The Morgan fingerprint density at radius 3 is 2.80 bits per heavy atom. The zero-order chi connectivity index (χ0) is 21.1. The van der Waals surface area contributed by atoms with E-state index in [9.17, 15) is 18.4 Å². The van der Waals surface area contributed by atoms with Crippen molar-refractivity contribution in [3.05, 3.63) is 80.9 Å². The lowest BCUT2D eigenvalue weighted by molar-refractivity contribution is -0.121. The molecule has 0 saturated heterocycles. The van der Waals surface area contributed by atoms with Gasteiger partial charge in [0.2, 0.25) is 11.7 Å². The molecule has 3 aromatic heterocycles. The number of amides is 1. The normalized spacial score (nSPS) is 10.9. The fraction of sp³-hybridized carbons (Fsp3) is 0.100. The van der Waals surface area contributed by atoms with Gasteiger partial charge in [-0.2, -0.15) is 16.3 Å². The number of thiophene rings is 1. The lowest BCUT2D eigenvalue weighted by atomic mass is 10.2. The van der Waals surface area contributed by atoms with Gasteiger partial charge in [0.05, 0.1) is 5.56 Å². The number of hydrogen-bond acceptors (Lipinski definition) is 6. The summed E-state index contributed by atoms with van der Waals surface area (Å²) in [6.45, 7) is -0.423. The summed E-state index contributed by atoms with van der Waals surface area (Å²) in [5, 5.41) is 10.2. The molecule has 1 N–H and O–H groups in total. The van der Waals surface area contributed by atoms with Gasteiger partial charge in [0, 0.05) is 41.4 Å². The van der Waals surface area contributed by atoms with Crippen molar-refractivity contribution in [2.24, 2.45) is 0 Å². The van der Waals surface area contributed by atoms with E-state index in [2.05, 4.69) is 15.5 Å². The minimum absolute atomic E-state index is 0.132. The van der Waals surface area contributed by atoms with Gasteiger partial charge in [0.15, 0.2) is 0 Å². The van der Waals surface area contributed by atoms with Gasteiger partial charge < -0.3 is 14.4 Å². The highest BCUT2D eigenvalue weighted by Crippen LogP contribution is 2.23. The van der Waals surface area contributed by atoms with Gasteiger partial charge in [-0.15, -0.1) is 0 Å². The number of carbonyl (C=O) groups excluding carboxylic acids is 1. The van der Waals surface area contributed by atoms with E-state index < -0.39 is 23.1 Å². The van der Waals surface area contributed by atoms with Gasteiger partial charge in [-0.1, -0.05) is 11.2 Å². The van der Waals surface area contributed by atoms with E-state index in [0.717, 1.165) is 17.7 Å². The van der Waals surface area contributed by atoms with Crippen LogP contribution >= 0.6 is 11.3 Å². The van der Waals surface area contributed by atoms with E-state index >= 15 is 0 Å². The Kier molecular flexibility index (Phi) is 5.48. The van der Waals surface area contributed by atoms with Gasteiger partial charge in [-0.3, -0.25) is 9.59 Å². The number of aromatic nitrogens is 3. The third kappa shape index (κ3) is 4.33. The molecular weight excluding hydrogens is 414 g/mol. The zero-order valence-corrected chi connectivity index (χ0v) is 16.2. The minimum atomic E-state index is -0.757. The van der Waals surface area contributed by atoms with E-state index in [4.69, 9.17) is 4.52 Å². The SMILES string of the molecule is O=C(Cn1cc(-c2nc(-c3ccsc3)no2)ccc1=O)NCc1ccc(F)cc1F. The molecule has 30 heavy (non-hydrogen) atoms. The van der Waals surface area contributed by atoms with Crippen molar-refractivity contribution in [3.8, 4) is 22.8 Å². The molecule has 7 nitrogen and oxygen atoms in total. The Balaban J connectivity index is 1.47. The molecule has 0 spiro atoms. The maximum Gasteiger partial charge on any atom is 0.259 e. The Labute approximate surface area is 172 Å². The molecule has 0 aliphatic rings. The van der Waals surface area contributed by atoms with Crippen molar-refractivity contribution in [1.82, 2.24) is 20.0 Å². The molecule has 0 fully saturated rings. The number of hydrogen-bond donors (Lipinski definition) is 1. The molecule has 1 aromatic carbocycles. The Hall–Kier alpha value is -3.66. The lowest BCUT2D eigenvalue weighted by Crippen LogP contribution is -2.31. The summed E-state index contributed by atoms with van der Waals surface area (Å²) in [6.07, 6.45) is 1.44. The summed E-state index contributed by atoms with van der Waals surface area (Å²) in [6, 6.07) is 7.76. The van der Waals surface area contributed by atoms with Gasteiger partial charge in [-0.05, 0) is 23.6 Å². The summed E-state index contributed by atoms with van der Waals surface area (Å²) in [5.41, 5.74) is 1.02. The standard InChI is InChI=1S/C20H14F2N4O3S/c21-15-3-1-12(16(22)7-15)8-23-17(27)10-26-9-13(2-4-18(26)28)20-24-19(25-29-20)14-5-6-30-11-14/h1-7,9,11H,8,10H2,(H,23,27). The van der Waals surface area contributed by atoms with Crippen LogP contribution in [0.15, 0.2) is 62.7 Å². The monoisotopic (exact) mass is 428 g/mol. The number of rotatable bonds is 6. The van der Waals surface area contributed by atoms with Crippen LogP contribution in [0.3, 0.4) is 0 Å². The van der Waals surface area contributed by atoms with Crippen LogP contribution in [-0.2, 0) is 17.9 Å². The molecular formula is C20H14F2N4O3S. The minimum Gasteiger partial charge on any atom is -0.350 e. The Morgan fingerprint density at radius 1 is 1.17 bits per heavy atom. The fourth-order valence-electron chi connectivity index (χ4n) is 2.70. The van der Waals surface area contributed by atoms with Gasteiger partial charge in [0.1, 0.15) is 18.2 Å². The Bertz CT molecular complexity index is 1250. The molecule has 152 valence electrons. The summed E-state index contributed by atoms with van der Waals surface area (Å²) in [5.74, 6) is -1.34. The first-order valence-corrected chi connectivity index (χ1v) is 9.71. The van der Waals surface area contributed by atoms with E-state index in [0.29, 0.717) is 11.4 Å². The number of carbonyl (C=O) groups is 1. The third-order valence-electron chi connectivity index (χ3n) is 4.24. The largest absolute Gasteiger partial charge is 0.350 e. The van der Waals surface area contributed by atoms with Crippen LogP contribution in [0.2, 0.25) is 0 Å². The Morgan fingerprint density at radius 2 is 2.03 bits per heavy atom. The number of nitrogens with one attached hydrogen (secondary N) is 1. The highest BCUT2D eigenvalue weighted by Gasteiger charge is 2.13. The maximum absolute atomic E-state index is 13.7. The second-order valence-electron chi connectivity index (χ2n) is 6.33. The van der Waals surface area contributed by atoms with Crippen molar-refractivity contribution in [1.29, 1.82) is 0 Å². The first-order valence-electron chi connectivity index (χ1n) is 8.77. The summed E-state index contributed by atoms with van der Waals surface area (Å²) in [4.78, 5) is 28.6. The van der Waals surface area contributed by atoms with Crippen molar-refractivity contribution < 1.29 is 18.1 Å². The van der Waals surface area contributed by atoms with Crippen LogP contribution in [0.25, 0.3) is 22.8 Å². The zero-order valence-electron chi connectivity index (χ0n) is 15.3. The molecule has 0 bridgehead atoms. The van der Waals surface area contributed by atoms with E-state index in [1.165, 1.54) is 40.3 Å². The molecule has 4 rings (SSSR count). The summed E-state index contributed by atoms with van der Waals surface area (Å²) in [7, 11) is 0. The number of benzene rings is 1. The molecule has 0 aliphatic carbocycles. The quantitative estimate of drug-likeness (QED) is 0.509. The smallest absolute Gasteiger partial charge is 0.259 e. The molecule has 3 heterocycles. The number of halogens is 2.